The van der Waals surface area contributed by atoms with Gasteiger partial charge in [-0.25, -0.2) is 0 Å². The Morgan fingerprint density at radius 3 is 2.91 bits per heavy atom. The molecule has 3 rings (SSSR count). The molecule has 7 nitrogen and oxygen atoms in total. The monoisotopic (exact) mass is 314 g/mol. The number of nitro groups is 1. The van der Waals surface area contributed by atoms with Crippen molar-refractivity contribution in [2.75, 3.05) is 0 Å². The second kappa shape index (κ2) is 6.35. The standard InChI is InChI=1S/C14H10N4O3S/c19-18(20)12-5-1-3-10(7-12)9-22-14-17-16-13(21-14)11-4-2-6-15-8-11/h1-8H,9H2. The minimum atomic E-state index is -0.415. The van der Waals surface area contributed by atoms with Gasteiger partial charge >= 0.3 is 0 Å². The lowest BCUT2D eigenvalue weighted by Crippen LogP contribution is -1.89. The second-order valence-corrected chi connectivity index (χ2v) is 5.26. The van der Waals surface area contributed by atoms with E-state index in [2.05, 4.69) is 15.2 Å². The summed E-state index contributed by atoms with van der Waals surface area (Å²) < 4.78 is 5.54. The normalized spacial score (nSPS) is 10.5. The van der Waals surface area contributed by atoms with E-state index in [-0.39, 0.29) is 5.69 Å². The summed E-state index contributed by atoms with van der Waals surface area (Å²) in [6.07, 6.45) is 3.31. The van der Waals surface area contributed by atoms with Crippen LogP contribution >= 0.6 is 11.8 Å². The van der Waals surface area contributed by atoms with Crippen LogP contribution < -0.4 is 0 Å². The van der Waals surface area contributed by atoms with Crippen LogP contribution in [-0.2, 0) is 5.75 Å². The molecule has 0 aliphatic carbocycles. The van der Waals surface area contributed by atoms with Gasteiger partial charge in [-0.1, -0.05) is 23.9 Å². The zero-order chi connectivity index (χ0) is 15.4. The summed E-state index contributed by atoms with van der Waals surface area (Å²) in [4.78, 5) is 14.3. The van der Waals surface area contributed by atoms with Crippen molar-refractivity contribution in [3.8, 4) is 11.5 Å². The predicted octanol–water partition coefficient (Wildman–Crippen LogP) is 3.33. The maximum atomic E-state index is 10.7. The Bertz CT molecular complexity index is 792. The van der Waals surface area contributed by atoms with Crippen molar-refractivity contribution >= 4 is 17.4 Å². The minimum Gasteiger partial charge on any atom is -0.411 e. The Labute approximate surface area is 129 Å². The molecule has 22 heavy (non-hydrogen) atoms. The number of pyridine rings is 1. The van der Waals surface area contributed by atoms with Crippen molar-refractivity contribution in [2.24, 2.45) is 0 Å². The van der Waals surface area contributed by atoms with Gasteiger partial charge in [-0.15, -0.1) is 10.2 Å². The molecule has 0 radical (unpaired) electrons. The maximum Gasteiger partial charge on any atom is 0.277 e. The number of rotatable bonds is 5. The first kappa shape index (κ1) is 14.2. The summed E-state index contributed by atoms with van der Waals surface area (Å²) in [5, 5.41) is 19.1. The van der Waals surface area contributed by atoms with Crippen LogP contribution in [0.4, 0.5) is 5.69 Å². The molecule has 0 unspecified atom stereocenters. The fraction of sp³-hybridized carbons (Fsp3) is 0.0714. The van der Waals surface area contributed by atoms with Crippen molar-refractivity contribution in [3.63, 3.8) is 0 Å². The molecule has 2 aromatic heterocycles. The second-order valence-electron chi connectivity index (χ2n) is 4.33. The Morgan fingerprint density at radius 1 is 1.23 bits per heavy atom. The van der Waals surface area contributed by atoms with E-state index in [1.54, 1.807) is 24.5 Å². The van der Waals surface area contributed by atoms with Gasteiger partial charge in [0.05, 0.1) is 10.5 Å². The number of aromatic nitrogens is 3. The van der Waals surface area contributed by atoms with E-state index in [4.69, 9.17) is 4.42 Å². The van der Waals surface area contributed by atoms with Crippen molar-refractivity contribution < 1.29 is 9.34 Å². The number of hydrogen-bond acceptors (Lipinski definition) is 7. The van der Waals surface area contributed by atoms with Gasteiger partial charge in [-0.2, -0.15) is 0 Å². The summed E-state index contributed by atoms with van der Waals surface area (Å²) in [7, 11) is 0. The van der Waals surface area contributed by atoms with Crippen molar-refractivity contribution in [2.45, 2.75) is 11.0 Å². The molecule has 110 valence electrons. The molecule has 2 heterocycles. The van der Waals surface area contributed by atoms with Gasteiger partial charge in [0.1, 0.15) is 0 Å². The van der Waals surface area contributed by atoms with E-state index >= 15 is 0 Å². The first-order valence-corrected chi connectivity index (χ1v) is 7.31. The van der Waals surface area contributed by atoms with Crippen LogP contribution in [0.3, 0.4) is 0 Å². The number of nitrogens with zero attached hydrogens (tertiary/aromatic N) is 4. The molecule has 0 atom stereocenters. The average Bonchev–Trinajstić information content (AvgIpc) is 3.03. The SMILES string of the molecule is O=[N+]([O-])c1cccc(CSc2nnc(-c3cccnc3)o2)c1. The molecule has 0 N–H and O–H groups in total. The van der Waals surface area contributed by atoms with Crippen LogP contribution in [0, 0.1) is 10.1 Å². The molecule has 1 aromatic carbocycles. The summed E-state index contributed by atoms with van der Waals surface area (Å²) in [6.45, 7) is 0. The summed E-state index contributed by atoms with van der Waals surface area (Å²) in [6, 6.07) is 10.1. The third-order valence-corrected chi connectivity index (χ3v) is 3.69. The molecule has 0 aliphatic rings. The number of thioether (sulfide) groups is 1. The predicted molar refractivity (Wildman–Crippen MR) is 80.2 cm³/mol. The molecule has 3 aromatic rings. The molecule has 0 spiro atoms. The van der Waals surface area contributed by atoms with Crippen LogP contribution in [0.2, 0.25) is 0 Å². The first-order chi connectivity index (χ1) is 10.7. The van der Waals surface area contributed by atoms with Crippen LogP contribution in [0.1, 0.15) is 5.56 Å². The summed E-state index contributed by atoms with van der Waals surface area (Å²) >= 11 is 1.33. The smallest absolute Gasteiger partial charge is 0.277 e. The van der Waals surface area contributed by atoms with Gasteiger partial charge in [0, 0.05) is 30.3 Å². The third kappa shape index (κ3) is 3.29. The Kier molecular flexibility index (Phi) is 4.10. The lowest BCUT2D eigenvalue weighted by atomic mass is 10.2. The van der Waals surface area contributed by atoms with E-state index in [0.29, 0.717) is 16.9 Å². The Morgan fingerprint density at radius 2 is 2.14 bits per heavy atom. The fourth-order valence-electron chi connectivity index (χ4n) is 1.78. The van der Waals surface area contributed by atoms with Crippen LogP contribution in [0.5, 0.6) is 0 Å². The molecule has 0 saturated heterocycles. The van der Waals surface area contributed by atoms with Gasteiger partial charge < -0.3 is 4.42 Å². The highest BCUT2D eigenvalue weighted by Gasteiger charge is 2.10. The van der Waals surface area contributed by atoms with Gasteiger partial charge in [-0.3, -0.25) is 15.1 Å². The topological polar surface area (TPSA) is 95.0 Å². The molecule has 0 fully saturated rings. The van der Waals surface area contributed by atoms with Crippen molar-refractivity contribution in [1.29, 1.82) is 0 Å². The van der Waals surface area contributed by atoms with Gasteiger partial charge in [0.25, 0.3) is 10.9 Å². The molecule has 0 aliphatic heterocycles. The van der Waals surface area contributed by atoms with Gasteiger partial charge in [0.15, 0.2) is 0 Å². The summed E-state index contributed by atoms with van der Waals surface area (Å²) in [5.41, 5.74) is 1.64. The van der Waals surface area contributed by atoms with E-state index in [0.717, 1.165) is 11.1 Å². The molecule has 8 heteroatoms. The highest BCUT2D eigenvalue weighted by molar-refractivity contribution is 7.98. The molecule has 0 saturated carbocycles. The lowest BCUT2D eigenvalue weighted by Gasteiger charge is -1.98. The largest absolute Gasteiger partial charge is 0.411 e. The highest BCUT2D eigenvalue weighted by atomic mass is 32.2. The van der Waals surface area contributed by atoms with Gasteiger partial charge in [0.2, 0.25) is 5.89 Å². The number of non-ortho nitro benzene ring substituents is 1. The fourth-order valence-corrected chi connectivity index (χ4v) is 2.49. The quantitative estimate of drug-likeness (QED) is 0.405. The first-order valence-electron chi connectivity index (χ1n) is 6.32. The number of nitro benzene ring substituents is 1. The van der Waals surface area contributed by atoms with Crippen molar-refractivity contribution in [3.05, 3.63) is 64.5 Å². The van der Waals surface area contributed by atoms with Crippen LogP contribution in [0.15, 0.2) is 58.4 Å². The highest BCUT2D eigenvalue weighted by Crippen LogP contribution is 2.26. The molecular formula is C14H10N4O3S. The molecule has 0 bridgehead atoms. The van der Waals surface area contributed by atoms with Gasteiger partial charge in [-0.05, 0) is 17.7 Å². The Hall–Kier alpha value is -2.74. The molecule has 0 amide bonds. The van der Waals surface area contributed by atoms with Crippen LogP contribution in [-0.4, -0.2) is 20.1 Å². The zero-order valence-electron chi connectivity index (χ0n) is 11.2. The van der Waals surface area contributed by atoms with E-state index in [9.17, 15) is 10.1 Å². The summed E-state index contributed by atoms with van der Waals surface area (Å²) in [5.74, 6) is 0.908. The van der Waals surface area contributed by atoms with E-state index in [1.807, 2.05) is 12.1 Å². The average molecular weight is 314 g/mol. The van der Waals surface area contributed by atoms with Crippen molar-refractivity contribution in [1.82, 2.24) is 15.2 Å². The zero-order valence-corrected chi connectivity index (χ0v) is 12.1. The minimum absolute atomic E-state index is 0.0691. The van der Waals surface area contributed by atoms with E-state index < -0.39 is 4.92 Å². The number of benzene rings is 1. The van der Waals surface area contributed by atoms with E-state index in [1.165, 1.54) is 23.9 Å². The van der Waals surface area contributed by atoms with Crippen LogP contribution in [0.25, 0.3) is 11.5 Å². The number of hydrogen-bond donors (Lipinski definition) is 0. The Balaban J connectivity index is 1.69. The lowest BCUT2D eigenvalue weighted by molar-refractivity contribution is -0.384. The molecular weight excluding hydrogens is 304 g/mol. The third-order valence-electron chi connectivity index (χ3n) is 2.80. The maximum absolute atomic E-state index is 10.7.